The minimum Gasteiger partial charge on any atom is -0.492 e. The lowest BCUT2D eigenvalue weighted by Gasteiger charge is -2.16. The van der Waals surface area contributed by atoms with E-state index < -0.39 is 12.0 Å². The molecule has 0 radical (unpaired) electrons. The van der Waals surface area contributed by atoms with Crippen LogP contribution in [-0.4, -0.2) is 27.2 Å². The summed E-state index contributed by atoms with van der Waals surface area (Å²) in [7, 11) is 0. The molecule has 0 aliphatic heterocycles. The van der Waals surface area contributed by atoms with Crippen LogP contribution in [0, 0.1) is 18.8 Å². The number of nitrogens with zero attached hydrogens (tertiary/aromatic N) is 2. The Hall–Kier alpha value is -4.24. The van der Waals surface area contributed by atoms with E-state index in [0.29, 0.717) is 31.1 Å². The Morgan fingerprint density at radius 1 is 1.15 bits per heavy atom. The number of carbonyl (C=O) groups is 1. The summed E-state index contributed by atoms with van der Waals surface area (Å²) in [5.74, 6) is 7.15. The molecule has 0 aliphatic carbocycles. The van der Waals surface area contributed by atoms with Crippen molar-refractivity contribution in [2.75, 3.05) is 6.61 Å². The van der Waals surface area contributed by atoms with Gasteiger partial charge in [-0.05, 0) is 55.8 Å². The van der Waals surface area contributed by atoms with Crippen LogP contribution in [0.2, 0.25) is 0 Å². The predicted octanol–water partition coefficient (Wildman–Crippen LogP) is 5.31. The van der Waals surface area contributed by atoms with Crippen LogP contribution in [0.3, 0.4) is 0 Å². The molecule has 34 heavy (non-hydrogen) atoms. The highest BCUT2D eigenvalue weighted by molar-refractivity contribution is 5.72. The minimum absolute atomic E-state index is 0.350. The molecule has 4 rings (SSSR count). The van der Waals surface area contributed by atoms with Gasteiger partial charge >= 0.3 is 5.97 Å². The quantitative estimate of drug-likeness (QED) is 0.347. The van der Waals surface area contributed by atoms with Crippen molar-refractivity contribution < 1.29 is 19.1 Å². The van der Waals surface area contributed by atoms with E-state index >= 15 is 0 Å². The number of carboxylic acid groups (broad SMARTS) is 1. The van der Waals surface area contributed by atoms with Crippen LogP contribution in [0.5, 0.6) is 5.75 Å². The molecule has 2 heterocycles. The van der Waals surface area contributed by atoms with Gasteiger partial charge in [-0.2, -0.15) is 0 Å². The highest BCUT2D eigenvalue weighted by Crippen LogP contribution is 2.25. The van der Waals surface area contributed by atoms with Gasteiger partial charge < -0.3 is 18.8 Å². The normalized spacial score (nSPS) is 11.5. The second-order valence-corrected chi connectivity index (χ2v) is 7.88. The lowest BCUT2D eigenvalue weighted by Crippen LogP contribution is -2.20. The summed E-state index contributed by atoms with van der Waals surface area (Å²) < 4.78 is 13.6. The van der Waals surface area contributed by atoms with Crippen molar-refractivity contribution in [2.24, 2.45) is 0 Å². The Kier molecular flexibility index (Phi) is 7.14. The second kappa shape index (κ2) is 10.6. The van der Waals surface area contributed by atoms with E-state index in [2.05, 4.69) is 16.8 Å². The molecule has 0 spiro atoms. The molecule has 0 bridgehead atoms. The number of carboxylic acids is 1. The van der Waals surface area contributed by atoms with Gasteiger partial charge in [-0.1, -0.05) is 30.2 Å². The van der Waals surface area contributed by atoms with Crippen LogP contribution < -0.4 is 4.74 Å². The number of ether oxygens (including phenoxy) is 1. The molecule has 1 unspecified atom stereocenters. The molecule has 2 aromatic heterocycles. The number of aryl methyl sites for hydroxylation is 1. The average Bonchev–Trinajstić information content (AvgIpc) is 3.49. The molecule has 4 aromatic rings. The first-order valence-electron chi connectivity index (χ1n) is 11.1. The Morgan fingerprint density at radius 3 is 2.62 bits per heavy atom. The maximum absolute atomic E-state index is 11.8. The van der Waals surface area contributed by atoms with Gasteiger partial charge in [0.15, 0.2) is 0 Å². The van der Waals surface area contributed by atoms with Crippen molar-refractivity contribution in [1.29, 1.82) is 0 Å². The van der Waals surface area contributed by atoms with E-state index in [1.54, 1.807) is 23.9 Å². The molecule has 0 saturated carbocycles. The average molecular weight is 455 g/mol. The van der Waals surface area contributed by atoms with Crippen molar-refractivity contribution in [3.05, 3.63) is 95.6 Å². The zero-order valence-corrected chi connectivity index (χ0v) is 19.2. The smallest absolute Gasteiger partial charge is 0.327 e. The molecular formula is C28H26N2O4. The Bertz CT molecular complexity index is 1310. The van der Waals surface area contributed by atoms with E-state index in [1.165, 1.54) is 0 Å². The first-order chi connectivity index (χ1) is 16.5. The van der Waals surface area contributed by atoms with Crippen LogP contribution in [0.15, 0.2) is 77.5 Å². The standard InChI is InChI=1S/C28H26N2O4/c1-3-9-23-18-21(19-25(28(31)32)30-15-7-8-16-30)12-13-26(23)33-17-14-24-20(2)34-27(29-24)22-10-5-4-6-11-22/h4-8,10-13,15-16,18,25H,14,17,19H2,1-2H3,(H,31,32). The first-order valence-corrected chi connectivity index (χ1v) is 11.1. The van der Waals surface area contributed by atoms with Gasteiger partial charge in [0.2, 0.25) is 5.89 Å². The summed E-state index contributed by atoms with van der Waals surface area (Å²) in [6.07, 6.45) is 4.47. The number of oxazole rings is 1. The molecule has 2 aromatic carbocycles. The molecule has 0 aliphatic rings. The third-order valence-electron chi connectivity index (χ3n) is 5.51. The Balaban J connectivity index is 1.45. The van der Waals surface area contributed by atoms with Gasteiger partial charge in [0.1, 0.15) is 17.6 Å². The van der Waals surface area contributed by atoms with Crippen LogP contribution in [0.25, 0.3) is 11.5 Å². The number of hydrogen-bond donors (Lipinski definition) is 1. The van der Waals surface area contributed by atoms with Gasteiger partial charge in [0.25, 0.3) is 0 Å². The van der Waals surface area contributed by atoms with E-state index in [-0.39, 0.29) is 0 Å². The fraction of sp³-hybridized carbons (Fsp3) is 0.214. The van der Waals surface area contributed by atoms with Crippen molar-refractivity contribution >= 4 is 5.97 Å². The molecule has 6 heteroatoms. The summed E-state index contributed by atoms with van der Waals surface area (Å²) in [5.41, 5.74) is 3.41. The lowest BCUT2D eigenvalue weighted by atomic mass is 10.0. The summed E-state index contributed by atoms with van der Waals surface area (Å²) in [6, 6.07) is 18.4. The molecule has 0 saturated heterocycles. The van der Waals surface area contributed by atoms with Crippen molar-refractivity contribution in [2.45, 2.75) is 32.7 Å². The number of aliphatic carboxylic acids is 1. The largest absolute Gasteiger partial charge is 0.492 e. The molecule has 0 amide bonds. The number of benzene rings is 2. The predicted molar refractivity (Wildman–Crippen MR) is 130 cm³/mol. The SMILES string of the molecule is CC#Cc1cc(CC(C(=O)O)n2cccc2)ccc1OCCc1nc(-c2ccccc2)oc1C. The first kappa shape index (κ1) is 22.9. The maximum Gasteiger partial charge on any atom is 0.327 e. The van der Waals surface area contributed by atoms with Gasteiger partial charge in [0, 0.05) is 30.8 Å². The van der Waals surface area contributed by atoms with E-state index in [9.17, 15) is 9.90 Å². The Morgan fingerprint density at radius 2 is 1.91 bits per heavy atom. The summed E-state index contributed by atoms with van der Waals surface area (Å²) in [4.78, 5) is 16.4. The van der Waals surface area contributed by atoms with Gasteiger partial charge in [-0.3, -0.25) is 0 Å². The molecule has 6 nitrogen and oxygen atoms in total. The number of aromatic nitrogens is 2. The highest BCUT2D eigenvalue weighted by Gasteiger charge is 2.20. The van der Waals surface area contributed by atoms with Crippen LogP contribution in [-0.2, 0) is 17.6 Å². The van der Waals surface area contributed by atoms with E-state index in [4.69, 9.17) is 9.15 Å². The van der Waals surface area contributed by atoms with Crippen LogP contribution in [0.1, 0.15) is 35.5 Å². The fourth-order valence-electron chi connectivity index (χ4n) is 3.78. The van der Waals surface area contributed by atoms with Gasteiger partial charge in [0.05, 0.1) is 17.9 Å². The fourth-order valence-corrected chi connectivity index (χ4v) is 3.78. The molecule has 1 atom stereocenters. The summed E-state index contributed by atoms with van der Waals surface area (Å²) in [5, 5.41) is 9.67. The zero-order valence-electron chi connectivity index (χ0n) is 19.2. The highest BCUT2D eigenvalue weighted by atomic mass is 16.5. The second-order valence-electron chi connectivity index (χ2n) is 7.88. The molecule has 1 N–H and O–H groups in total. The van der Waals surface area contributed by atoms with Gasteiger partial charge in [-0.15, -0.1) is 5.92 Å². The zero-order chi connectivity index (χ0) is 23.9. The summed E-state index contributed by atoms with van der Waals surface area (Å²) >= 11 is 0. The third-order valence-corrected chi connectivity index (χ3v) is 5.51. The molecule has 0 fully saturated rings. The maximum atomic E-state index is 11.8. The Labute approximate surface area is 198 Å². The third kappa shape index (κ3) is 5.38. The topological polar surface area (TPSA) is 77.5 Å². The van der Waals surface area contributed by atoms with E-state index in [0.717, 1.165) is 28.1 Å². The monoisotopic (exact) mass is 454 g/mol. The minimum atomic E-state index is -0.877. The number of rotatable bonds is 9. The van der Waals surface area contributed by atoms with E-state index in [1.807, 2.05) is 67.6 Å². The lowest BCUT2D eigenvalue weighted by molar-refractivity contribution is -0.140. The molecule has 172 valence electrons. The van der Waals surface area contributed by atoms with Crippen LogP contribution >= 0.6 is 0 Å². The van der Waals surface area contributed by atoms with Crippen molar-refractivity contribution in [3.8, 4) is 29.0 Å². The molecular weight excluding hydrogens is 428 g/mol. The van der Waals surface area contributed by atoms with Crippen molar-refractivity contribution in [3.63, 3.8) is 0 Å². The van der Waals surface area contributed by atoms with Crippen LogP contribution in [0.4, 0.5) is 0 Å². The van der Waals surface area contributed by atoms with Crippen molar-refractivity contribution in [1.82, 2.24) is 9.55 Å². The van der Waals surface area contributed by atoms with Gasteiger partial charge in [-0.25, -0.2) is 9.78 Å². The summed E-state index contributed by atoms with van der Waals surface area (Å²) in [6.45, 7) is 4.09. The number of hydrogen-bond acceptors (Lipinski definition) is 4.